The Morgan fingerprint density at radius 2 is 1.95 bits per heavy atom. The highest BCUT2D eigenvalue weighted by Crippen LogP contribution is 2.27. The van der Waals surface area contributed by atoms with E-state index in [1.807, 2.05) is 13.0 Å². The molecule has 0 aromatic heterocycles. The normalized spacial score (nSPS) is 12.4. The van der Waals surface area contributed by atoms with Crippen molar-refractivity contribution in [2.24, 2.45) is 0 Å². The quantitative estimate of drug-likeness (QED) is 0.869. The molecule has 2 rings (SSSR count). The Kier molecular flexibility index (Phi) is 4.73. The molecule has 2 aromatic carbocycles. The lowest BCUT2D eigenvalue weighted by Crippen LogP contribution is -2.18. The van der Waals surface area contributed by atoms with Crippen molar-refractivity contribution in [2.45, 2.75) is 19.5 Å². The summed E-state index contributed by atoms with van der Waals surface area (Å²) in [4.78, 5) is 0. The Bertz CT molecular complexity index is 619. The van der Waals surface area contributed by atoms with E-state index in [9.17, 15) is 13.9 Å². The molecule has 0 bridgehead atoms. The van der Waals surface area contributed by atoms with E-state index < -0.39 is 11.6 Å². The van der Waals surface area contributed by atoms with E-state index in [2.05, 4.69) is 21.2 Å². The van der Waals surface area contributed by atoms with Gasteiger partial charge in [-0.25, -0.2) is 8.78 Å². The summed E-state index contributed by atoms with van der Waals surface area (Å²) in [5.41, 5.74) is 1.38. The molecule has 5 heteroatoms. The zero-order chi connectivity index (χ0) is 14.7. The largest absolute Gasteiger partial charge is 0.506 e. The van der Waals surface area contributed by atoms with Gasteiger partial charge in [-0.3, -0.25) is 0 Å². The van der Waals surface area contributed by atoms with Gasteiger partial charge in [-0.1, -0.05) is 18.2 Å². The minimum atomic E-state index is -0.860. The van der Waals surface area contributed by atoms with Crippen LogP contribution in [-0.4, -0.2) is 5.11 Å². The Balaban J connectivity index is 2.06. The van der Waals surface area contributed by atoms with E-state index in [0.29, 0.717) is 16.6 Å². The van der Waals surface area contributed by atoms with Gasteiger partial charge in [-0.2, -0.15) is 0 Å². The summed E-state index contributed by atoms with van der Waals surface area (Å²) in [6, 6.07) is 9.03. The lowest BCUT2D eigenvalue weighted by molar-refractivity contribution is 0.456. The summed E-state index contributed by atoms with van der Waals surface area (Å²) in [7, 11) is 0. The topological polar surface area (TPSA) is 32.3 Å². The second-order valence-corrected chi connectivity index (χ2v) is 5.38. The number of phenolic OH excluding ortho intramolecular Hbond substituents is 1. The molecule has 0 heterocycles. The average molecular weight is 342 g/mol. The molecule has 0 fully saturated rings. The smallest absolute Gasteiger partial charge is 0.159 e. The van der Waals surface area contributed by atoms with Crippen LogP contribution in [-0.2, 0) is 6.54 Å². The second kappa shape index (κ2) is 6.33. The molecule has 0 aliphatic carbocycles. The highest BCUT2D eigenvalue weighted by molar-refractivity contribution is 9.10. The lowest BCUT2D eigenvalue weighted by Gasteiger charge is -2.15. The van der Waals surface area contributed by atoms with Crippen LogP contribution in [0.15, 0.2) is 40.9 Å². The Morgan fingerprint density at radius 3 is 2.65 bits per heavy atom. The highest BCUT2D eigenvalue weighted by Gasteiger charge is 2.10. The minimum absolute atomic E-state index is 0.163. The van der Waals surface area contributed by atoms with Gasteiger partial charge in [0.25, 0.3) is 0 Å². The number of halogens is 3. The SMILES string of the molecule is CC(NCc1cccc(Br)c1O)c1ccc(F)c(F)c1. The van der Waals surface area contributed by atoms with Gasteiger partial charge in [0.15, 0.2) is 11.6 Å². The first-order chi connectivity index (χ1) is 9.49. The van der Waals surface area contributed by atoms with Gasteiger partial charge < -0.3 is 10.4 Å². The number of para-hydroxylation sites is 1. The molecule has 0 aliphatic rings. The van der Waals surface area contributed by atoms with Crippen molar-refractivity contribution in [3.8, 4) is 5.75 Å². The van der Waals surface area contributed by atoms with E-state index in [0.717, 1.165) is 11.6 Å². The molecule has 0 spiro atoms. The molecule has 20 heavy (non-hydrogen) atoms. The third kappa shape index (κ3) is 3.35. The zero-order valence-corrected chi connectivity index (χ0v) is 12.4. The van der Waals surface area contributed by atoms with Crippen molar-refractivity contribution in [1.82, 2.24) is 5.32 Å². The first-order valence-electron chi connectivity index (χ1n) is 6.13. The number of hydrogen-bond acceptors (Lipinski definition) is 2. The van der Waals surface area contributed by atoms with Crippen molar-refractivity contribution in [2.75, 3.05) is 0 Å². The van der Waals surface area contributed by atoms with Crippen molar-refractivity contribution in [3.63, 3.8) is 0 Å². The molecular weight excluding hydrogens is 328 g/mol. The number of nitrogens with one attached hydrogen (secondary N) is 1. The molecule has 0 saturated heterocycles. The predicted molar refractivity (Wildman–Crippen MR) is 77.4 cm³/mol. The van der Waals surface area contributed by atoms with Crippen molar-refractivity contribution in [3.05, 3.63) is 63.6 Å². The Morgan fingerprint density at radius 1 is 1.20 bits per heavy atom. The van der Waals surface area contributed by atoms with Crippen LogP contribution in [0.2, 0.25) is 0 Å². The number of rotatable bonds is 4. The van der Waals surface area contributed by atoms with Gasteiger partial charge in [0.1, 0.15) is 5.75 Å². The first-order valence-corrected chi connectivity index (χ1v) is 6.93. The maximum Gasteiger partial charge on any atom is 0.159 e. The minimum Gasteiger partial charge on any atom is -0.506 e. The van der Waals surface area contributed by atoms with Crippen LogP contribution in [0.25, 0.3) is 0 Å². The van der Waals surface area contributed by atoms with Crippen molar-refractivity contribution < 1.29 is 13.9 Å². The van der Waals surface area contributed by atoms with Crippen molar-refractivity contribution in [1.29, 1.82) is 0 Å². The molecule has 2 aromatic rings. The summed E-state index contributed by atoms with van der Waals surface area (Å²) in [6.45, 7) is 2.27. The Hall–Kier alpha value is -1.46. The van der Waals surface area contributed by atoms with Crippen LogP contribution in [0.1, 0.15) is 24.1 Å². The zero-order valence-electron chi connectivity index (χ0n) is 10.8. The third-order valence-electron chi connectivity index (χ3n) is 3.11. The monoisotopic (exact) mass is 341 g/mol. The van der Waals surface area contributed by atoms with E-state index in [-0.39, 0.29) is 11.8 Å². The van der Waals surface area contributed by atoms with Gasteiger partial charge in [-0.15, -0.1) is 0 Å². The molecule has 0 aliphatic heterocycles. The van der Waals surface area contributed by atoms with Crippen LogP contribution in [0, 0.1) is 11.6 Å². The standard InChI is InChI=1S/C15H14BrF2NO/c1-9(10-5-6-13(17)14(18)7-10)19-8-11-3-2-4-12(16)15(11)20/h2-7,9,19-20H,8H2,1H3. The maximum absolute atomic E-state index is 13.2. The first kappa shape index (κ1) is 14.9. The molecule has 2 N–H and O–H groups in total. The Labute approximate surface area is 124 Å². The van der Waals surface area contributed by atoms with E-state index in [1.54, 1.807) is 12.1 Å². The molecule has 1 unspecified atom stereocenters. The van der Waals surface area contributed by atoms with Crippen LogP contribution >= 0.6 is 15.9 Å². The summed E-state index contributed by atoms with van der Waals surface area (Å²) >= 11 is 3.25. The average Bonchev–Trinajstić information content (AvgIpc) is 2.43. The summed E-state index contributed by atoms with van der Waals surface area (Å²) in [5, 5.41) is 13.0. The maximum atomic E-state index is 13.2. The summed E-state index contributed by atoms with van der Waals surface area (Å²) in [6.07, 6.45) is 0. The van der Waals surface area contributed by atoms with E-state index in [1.165, 1.54) is 12.1 Å². The van der Waals surface area contributed by atoms with Gasteiger partial charge in [-0.05, 0) is 46.6 Å². The predicted octanol–water partition coefficient (Wildman–Crippen LogP) is 4.28. The van der Waals surface area contributed by atoms with Gasteiger partial charge in [0.05, 0.1) is 4.47 Å². The van der Waals surface area contributed by atoms with Gasteiger partial charge in [0, 0.05) is 18.2 Å². The fourth-order valence-electron chi connectivity index (χ4n) is 1.87. The molecular formula is C15H14BrF2NO. The van der Waals surface area contributed by atoms with Crippen molar-refractivity contribution >= 4 is 15.9 Å². The molecule has 0 saturated carbocycles. The van der Waals surface area contributed by atoms with Crippen LogP contribution in [0.3, 0.4) is 0 Å². The van der Waals surface area contributed by atoms with Crippen LogP contribution < -0.4 is 5.32 Å². The lowest BCUT2D eigenvalue weighted by atomic mass is 10.1. The number of hydrogen-bond donors (Lipinski definition) is 2. The van der Waals surface area contributed by atoms with Gasteiger partial charge >= 0.3 is 0 Å². The second-order valence-electron chi connectivity index (χ2n) is 4.52. The van der Waals surface area contributed by atoms with Crippen LogP contribution in [0.4, 0.5) is 8.78 Å². The van der Waals surface area contributed by atoms with Gasteiger partial charge in [0.2, 0.25) is 0 Å². The summed E-state index contributed by atoms with van der Waals surface area (Å²) < 4.78 is 26.7. The molecule has 2 nitrogen and oxygen atoms in total. The van der Waals surface area contributed by atoms with E-state index in [4.69, 9.17) is 0 Å². The van der Waals surface area contributed by atoms with Crippen LogP contribution in [0.5, 0.6) is 5.75 Å². The molecule has 0 amide bonds. The summed E-state index contributed by atoms with van der Waals surface area (Å²) in [5.74, 6) is -1.54. The highest BCUT2D eigenvalue weighted by atomic mass is 79.9. The fraction of sp³-hybridized carbons (Fsp3) is 0.200. The third-order valence-corrected chi connectivity index (χ3v) is 3.75. The molecule has 0 radical (unpaired) electrons. The number of benzene rings is 2. The molecule has 106 valence electrons. The molecule has 1 atom stereocenters. The van der Waals surface area contributed by atoms with E-state index >= 15 is 0 Å². The number of phenols is 1. The fourth-order valence-corrected chi connectivity index (χ4v) is 2.27. The number of aromatic hydroxyl groups is 1.